The number of morpholine rings is 1. The molecule has 2 aliphatic heterocycles. The highest BCUT2D eigenvalue weighted by molar-refractivity contribution is 5.76. The van der Waals surface area contributed by atoms with Gasteiger partial charge in [-0.15, -0.1) is 0 Å². The molecular formula is C23H24FNO4. The van der Waals surface area contributed by atoms with Gasteiger partial charge in [0.05, 0.1) is 31.9 Å². The minimum Gasteiger partial charge on any atom is -0.493 e. The third-order valence-electron chi connectivity index (χ3n) is 5.20. The zero-order chi connectivity index (χ0) is 20.2. The molecule has 1 saturated heterocycles. The summed E-state index contributed by atoms with van der Waals surface area (Å²) >= 11 is 0. The maximum atomic E-state index is 13.7. The summed E-state index contributed by atoms with van der Waals surface area (Å²) < 4.78 is 30.5. The minimum atomic E-state index is -0.341. The van der Waals surface area contributed by atoms with Crippen molar-refractivity contribution in [1.82, 2.24) is 4.90 Å². The Kier molecular flexibility index (Phi) is 5.81. The molecule has 5 nitrogen and oxygen atoms in total. The molecule has 0 aromatic heterocycles. The Labute approximate surface area is 169 Å². The van der Waals surface area contributed by atoms with Gasteiger partial charge in [0.1, 0.15) is 18.2 Å². The normalized spacial score (nSPS) is 20.8. The molecule has 2 atom stereocenters. The standard InChI is InChI=1S/C23H24FNO4/c1-2-28-22-12-18(24)8-9-21(22)17-10-19-14-27-15-20(11-17)25(19)23(26)29-13-16-6-4-3-5-7-16/h3-10,12,19-20H,2,11,13-15H2,1H3. The van der Waals surface area contributed by atoms with E-state index in [1.54, 1.807) is 11.0 Å². The lowest BCUT2D eigenvalue weighted by atomic mass is 9.89. The molecular weight excluding hydrogens is 373 g/mol. The van der Waals surface area contributed by atoms with Gasteiger partial charge in [0.25, 0.3) is 0 Å². The van der Waals surface area contributed by atoms with Crippen LogP contribution in [0, 0.1) is 5.82 Å². The van der Waals surface area contributed by atoms with Crippen LogP contribution in [-0.4, -0.2) is 42.9 Å². The molecule has 2 bridgehead atoms. The molecule has 1 amide bonds. The molecule has 2 unspecified atom stereocenters. The van der Waals surface area contributed by atoms with Crippen LogP contribution in [0.5, 0.6) is 5.75 Å². The topological polar surface area (TPSA) is 48.0 Å². The molecule has 4 rings (SSSR count). The summed E-state index contributed by atoms with van der Waals surface area (Å²) in [6.07, 6.45) is 2.27. The van der Waals surface area contributed by atoms with Crippen molar-refractivity contribution in [2.45, 2.75) is 32.0 Å². The van der Waals surface area contributed by atoms with Gasteiger partial charge in [-0.05, 0) is 36.6 Å². The Morgan fingerprint density at radius 1 is 1.21 bits per heavy atom. The maximum Gasteiger partial charge on any atom is 0.411 e. The summed E-state index contributed by atoms with van der Waals surface area (Å²) in [7, 11) is 0. The van der Waals surface area contributed by atoms with Crippen molar-refractivity contribution >= 4 is 11.7 Å². The number of hydrogen-bond acceptors (Lipinski definition) is 4. The summed E-state index contributed by atoms with van der Waals surface area (Å²) in [5, 5.41) is 0. The lowest BCUT2D eigenvalue weighted by Gasteiger charge is -2.43. The van der Waals surface area contributed by atoms with E-state index in [1.165, 1.54) is 12.1 Å². The first-order chi connectivity index (χ1) is 14.2. The van der Waals surface area contributed by atoms with Crippen LogP contribution in [0.15, 0.2) is 54.6 Å². The predicted octanol–water partition coefficient (Wildman–Crippen LogP) is 4.42. The van der Waals surface area contributed by atoms with Crippen LogP contribution in [0.25, 0.3) is 5.57 Å². The molecule has 2 aromatic carbocycles. The van der Waals surface area contributed by atoms with Crippen LogP contribution >= 0.6 is 0 Å². The zero-order valence-electron chi connectivity index (χ0n) is 16.3. The van der Waals surface area contributed by atoms with Gasteiger partial charge in [-0.1, -0.05) is 36.4 Å². The van der Waals surface area contributed by atoms with E-state index >= 15 is 0 Å². The highest BCUT2D eigenvalue weighted by atomic mass is 19.1. The predicted molar refractivity (Wildman–Crippen MR) is 107 cm³/mol. The fourth-order valence-corrected chi connectivity index (χ4v) is 3.91. The number of amides is 1. The van der Waals surface area contributed by atoms with Crippen LogP contribution < -0.4 is 4.74 Å². The molecule has 2 aromatic rings. The Balaban J connectivity index is 1.54. The van der Waals surface area contributed by atoms with Gasteiger partial charge in [-0.25, -0.2) is 9.18 Å². The van der Waals surface area contributed by atoms with E-state index < -0.39 is 0 Å². The summed E-state index contributed by atoms with van der Waals surface area (Å²) in [5.74, 6) is 0.195. The highest BCUT2D eigenvalue weighted by Crippen LogP contribution is 2.37. The monoisotopic (exact) mass is 397 g/mol. The molecule has 29 heavy (non-hydrogen) atoms. The second kappa shape index (κ2) is 8.66. The van der Waals surface area contributed by atoms with Gasteiger partial charge in [-0.3, -0.25) is 4.90 Å². The number of benzene rings is 2. The summed E-state index contributed by atoms with van der Waals surface area (Å²) in [4.78, 5) is 14.6. The highest BCUT2D eigenvalue weighted by Gasteiger charge is 2.39. The largest absolute Gasteiger partial charge is 0.493 e. The molecule has 1 fully saturated rings. The molecule has 0 spiro atoms. The average Bonchev–Trinajstić information content (AvgIpc) is 2.72. The van der Waals surface area contributed by atoms with E-state index in [1.807, 2.05) is 43.3 Å². The van der Waals surface area contributed by atoms with Crippen molar-refractivity contribution < 1.29 is 23.4 Å². The number of nitrogens with zero attached hydrogens (tertiary/aromatic N) is 1. The first-order valence-corrected chi connectivity index (χ1v) is 9.86. The number of ether oxygens (including phenoxy) is 3. The van der Waals surface area contributed by atoms with E-state index in [0.717, 1.165) is 16.7 Å². The Bertz CT molecular complexity index is 899. The Hall–Kier alpha value is -2.86. The molecule has 0 saturated carbocycles. The van der Waals surface area contributed by atoms with E-state index in [4.69, 9.17) is 14.2 Å². The molecule has 0 radical (unpaired) electrons. The third-order valence-corrected chi connectivity index (χ3v) is 5.20. The zero-order valence-corrected chi connectivity index (χ0v) is 16.3. The van der Waals surface area contributed by atoms with E-state index in [-0.39, 0.29) is 30.6 Å². The maximum absolute atomic E-state index is 13.7. The van der Waals surface area contributed by atoms with Gasteiger partial charge < -0.3 is 14.2 Å². The second-order valence-corrected chi connectivity index (χ2v) is 7.18. The van der Waals surface area contributed by atoms with Gasteiger partial charge in [0.2, 0.25) is 0 Å². The molecule has 0 aliphatic carbocycles. The fourth-order valence-electron chi connectivity index (χ4n) is 3.91. The second-order valence-electron chi connectivity index (χ2n) is 7.18. The molecule has 2 heterocycles. The van der Waals surface area contributed by atoms with Crippen LogP contribution in [0.1, 0.15) is 24.5 Å². The lowest BCUT2D eigenvalue weighted by molar-refractivity contribution is -0.0342. The number of halogens is 1. The molecule has 2 aliphatic rings. The van der Waals surface area contributed by atoms with E-state index in [9.17, 15) is 9.18 Å². The molecule has 0 N–H and O–H groups in total. The first kappa shape index (κ1) is 19.5. The number of fused-ring (bicyclic) bond motifs is 2. The number of carbonyl (C=O) groups is 1. The van der Waals surface area contributed by atoms with Gasteiger partial charge >= 0.3 is 6.09 Å². The SMILES string of the molecule is CCOc1cc(F)ccc1C1=CC2COCC(C1)N2C(=O)OCc1ccccc1. The average molecular weight is 397 g/mol. The van der Waals surface area contributed by atoms with Crippen molar-refractivity contribution in [1.29, 1.82) is 0 Å². The van der Waals surface area contributed by atoms with Crippen molar-refractivity contribution in [3.63, 3.8) is 0 Å². The number of rotatable bonds is 5. The minimum absolute atomic E-state index is 0.128. The molecule has 152 valence electrons. The quantitative estimate of drug-likeness (QED) is 0.750. The third kappa shape index (κ3) is 4.27. The first-order valence-electron chi connectivity index (χ1n) is 9.86. The van der Waals surface area contributed by atoms with Crippen LogP contribution in [0.4, 0.5) is 9.18 Å². The van der Waals surface area contributed by atoms with E-state index in [0.29, 0.717) is 32.0 Å². The summed E-state index contributed by atoms with van der Waals surface area (Å²) in [5.41, 5.74) is 2.85. The summed E-state index contributed by atoms with van der Waals surface area (Å²) in [6.45, 7) is 3.42. The number of carbonyl (C=O) groups excluding carboxylic acids is 1. The van der Waals surface area contributed by atoms with Gasteiger partial charge in [-0.2, -0.15) is 0 Å². The van der Waals surface area contributed by atoms with E-state index in [2.05, 4.69) is 0 Å². The smallest absolute Gasteiger partial charge is 0.411 e. The fraction of sp³-hybridized carbons (Fsp3) is 0.348. The van der Waals surface area contributed by atoms with Crippen LogP contribution in [-0.2, 0) is 16.1 Å². The van der Waals surface area contributed by atoms with Crippen molar-refractivity contribution in [2.75, 3.05) is 19.8 Å². The van der Waals surface area contributed by atoms with Crippen molar-refractivity contribution in [3.05, 3.63) is 71.6 Å². The Morgan fingerprint density at radius 3 is 2.79 bits per heavy atom. The van der Waals surface area contributed by atoms with Gasteiger partial charge in [0, 0.05) is 11.6 Å². The lowest BCUT2D eigenvalue weighted by Crippen LogP contribution is -2.56. The van der Waals surface area contributed by atoms with Crippen molar-refractivity contribution in [3.8, 4) is 5.75 Å². The van der Waals surface area contributed by atoms with Crippen LogP contribution in [0.3, 0.4) is 0 Å². The van der Waals surface area contributed by atoms with Crippen LogP contribution in [0.2, 0.25) is 0 Å². The Morgan fingerprint density at radius 2 is 2.03 bits per heavy atom. The van der Waals surface area contributed by atoms with Gasteiger partial charge in [0.15, 0.2) is 0 Å². The molecule has 6 heteroatoms. The summed E-state index contributed by atoms with van der Waals surface area (Å²) in [6, 6.07) is 13.8. The number of hydrogen-bond donors (Lipinski definition) is 0. The van der Waals surface area contributed by atoms with Crippen molar-refractivity contribution in [2.24, 2.45) is 0 Å².